The lowest BCUT2D eigenvalue weighted by Crippen LogP contribution is -2.11. The molecular formula is C21H19N5. The van der Waals surface area contributed by atoms with Crippen molar-refractivity contribution in [1.29, 1.82) is 5.41 Å². The van der Waals surface area contributed by atoms with Gasteiger partial charge in [-0.2, -0.15) is 5.10 Å². The monoisotopic (exact) mass is 341 g/mol. The van der Waals surface area contributed by atoms with Gasteiger partial charge in [-0.05, 0) is 48.9 Å². The highest BCUT2D eigenvalue weighted by molar-refractivity contribution is 6.07. The van der Waals surface area contributed by atoms with Gasteiger partial charge in [-0.15, -0.1) is 0 Å². The maximum absolute atomic E-state index is 7.58. The summed E-state index contributed by atoms with van der Waals surface area (Å²) in [6.45, 7) is 0. The number of amidine groups is 1. The molecule has 0 unspecified atom stereocenters. The predicted octanol–water partition coefficient (Wildman–Crippen LogP) is 3.94. The second kappa shape index (κ2) is 5.66. The quantitative estimate of drug-likeness (QED) is 0.381. The summed E-state index contributed by atoms with van der Waals surface area (Å²) in [5, 5.41) is 17.3. The molecule has 0 bridgehead atoms. The van der Waals surface area contributed by atoms with Crippen LogP contribution in [0.25, 0.3) is 33.1 Å². The number of hydrogen-bond donors (Lipinski definition) is 3. The van der Waals surface area contributed by atoms with E-state index in [2.05, 4.69) is 22.3 Å². The second-order valence-electron chi connectivity index (χ2n) is 6.91. The Labute approximate surface area is 150 Å². The Morgan fingerprint density at radius 3 is 2.54 bits per heavy atom. The van der Waals surface area contributed by atoms with Gasteiger partial charge in [0.1, 0.15) is 5.84 Å². The molecule has 128 valence electrons. The van der Waals surface area contributed by atoms with Crippen LogP contribution in [0.3, 0.4) is 0 Å². The third-order valence-corrected chi connectivity index (χ3v) is 5.36. The summed E-state index contributed by atoms with van der Waals surface area (Å²) in [6, 6.07) is 12.0. The fraction of sp³-hybridized carbons (Fsp3) is 0.190. The van der Waals surface area contributed by atoms with Crippen LogP contribution in [0.15, 0.2) is 42.6 Å². The largest absolute Gasteiger partial charge is 0.384 e. The maximum Gasteiger partial charge on any atom is 0.122 e. The second-order valence-corrected chi connectivity index (χ2v) is 6.91. The van der Waals surface area contributed by atoms with E-state index in [1.165, 1.54) is 29.4 Å². The number of nitrogens with zero attached hydrogens (tertiary/aromatic N) is 2. The molecule has 0 amide bonds. The molecule has 2 heterocycles. The van der Waals surface area contributed by atoms with Gasteiger partial charge in [-0.1, -0.05) is 24.3 Å². The Morgan fingerprint density at radius 1 is 1.00 bits per heavy atom. The molecule has 0 saturated heterocycles. The number of nitrogens with one attached hydrogen (secondary N) is 2. The van der Waals surface area contributed by atoms with Crippen LogP contribution in [0, 0.1) is 5.41 Å². The van der Waals surface area contributed by atoms with Gasteiger partial charge in [0, 0.05) is 21.9 Å². The van der Waals surface area contributed by atoms with E-state index in [0.717, 1.165) is 46.1 Å². The molecular weight excluding hydrogens is 322 g/mol. The molecule has 1 aliphatic rings. The van der Waals surface area contributed by atoms with Crippen LogP contribution in [0.1, 0.15) is 29.5 Å². The van der Waals surface area contributed by atoms with Crippen LogP contribution >= 0.6 is 0 Å². The van der Waals surface area contributed by atoms with Gasteiger partial charge in [0.25, 0.3) is 0 Å². The van der Waals surface area contributed by atoms with Crippen LogP contribution < -0.4 is 5.73 Å². The van der Waals surface area contributed by atoms with E-state index < -0.39 is 0 Å². The Bertz CT molecular complexity index is 1150. The summed E-state index contributed by atoms with van der Waals surface area (Å²) in [6.07, 6.45) is 6.45. The number of pyridine rings is 1. The first-order valence-corrected chi connectivity index (χ1v) is 8.95. The number of hydrogen-bond acceptors (Lipinski definition) is 3. The van der Waals surface area contributed by atoms with Gasteiger partial charge in [0.15, 0.2) is 0 Å². The number of nitrogens with two attached hydrogens (primary N) is 1. The minimum Gasteiger partial charge on any atom is -0.384 e. The van der Waals surface area contributed by atoms with Crippen molar-refractivity contribution in [3.63, 3.8) is 0 Å². The van der Waals surface area contributed by atoms with Crippen LogP contribution in [0.4, 0.5) is 0 Å². The van der Waals surface area contributed by atoms with Gasteiger partial charge in [-0.3, -0.25) is 10.5 Å². The summed E-state index contributed by atoms with van der Waals surface area (Å²) in [5.74, 6) is 0.0902. The van der Waals surface area contributed by atoms with E-state index >= 15 is 0 Å². The number of nitrogen functional groups attached to an aromatic ring is 1. The topological polar surface area (TPSA) is 91.4 Å². The number of benzene rings is 2. The lowest BCUT2D eigenvalue weighted by atomic mass is 9.85. The standard InChI is InChI=1S/C21H19N5/c22-21(23)13-7-5-12(6-8-13)20-15-4-2-1-3-14(15)19-16-11-24-26-17(16)9-10-18(19)25-20/h5-11H,1-4H2,(H3,22,23)(H,24,26). The van der Waals surface area contributed by atoms with Crippen molar-refractivity contribution in [3.8, 4) is 11.3 Å². The molecule has 0 radical (unpaired) electrons. The maximum atomic E-state index is 7.58. The highest BCUT2D eigenvalue weighted by Gasteiger charge is 2.21. The van der Waals surface area contributed by atoms with Crippen molar-refractivity contribution in [3.05, 3.63) is 59.3 Å². The van der Waals surface area contributed by atoms with Crippen molar-refractivity contribution in [2.45, 2.75) is 25.7 Å². The predicted molar refractivity (Wildman–Crippen MR) is 104 cm³/mol. The van der Waals surface area contributed by atoms with E-state index in [4.69, 9.17) is 16.1 Å². The molecule has 4 N–H and O–H groups in total. The van der Waals surface area contributed by atoms with Gasteiger partial charge in [0.05, 0.1) is 22.9 Å². The normalized spacial score (nSPS) is 13.8. The third-order valence-electron chi connectivity index (χ3n) is 5.36. The fourth-order valence-electron chi connectivity index (χ4n) is 4.09. The van der Waals surface area contributed by atoms with Crippen LogP contribution in [-0.4, -0.2) is 21.0 Å². The van der Waals surface area contributed by atoms with E-state index in [1.54, 1.807) is 0 Å². The lowest BCUT2D eigenvalue weighted by molar-refractivity contribution is 0.689. The SMILES string of the molecule is N=C(N)c1ccc(-c2nc3ccc4[nH]ncc4c3c3c2CCCC3)cc1. The highest BCUT2D eigenvalue weighted by Crippen LogP contribution is 2.37. The smallest absolute Gasteiger partial charge is 0.122 e. The molecule has 5 nitrogen and oxygen atoms in total. The van der Waals surface area contributed by atoms with E-state index in [0.29, 0.717) is 0 Å². The van der Waals surface area contributed by atoms with Crippen LogP contribution in [0.2, 0.25) is 0 Å². The molecule has 5 heteroatoms. The van der Waals surface area contributed by atoms with E-state index in [9.17, 15) is 0 Å². The number of aromatic amines is 1. The molecule has 0 atom stereocenters. The molecule has 0 aliphatic heterocycles. The summed E-state index contributed by atoms with van der Waals surface area (Å²) in [5.41, 5.74) is 13.3. The van der Waals surface area contributed by atoms with E-state index in [1.807, 2.05) is 30.5 Å². The van der Waals surface area contributed by atoms with Crippen LogP contribution in [0.5, 0.6) is 0 Å². The number of fused-ring (bicyclic) bond motifs is 5. The minimum atomic E-state index is 0.0902. The molecule has 5 rings (SSSR count). The molecule has 4 aromatic rings. The fourth-order valence-corrected chi connectivity index (χ4v) is 4.09. The van der Waals surface area contributed by atoms with Crippen molar-refractivity contribution in [2.24, 2.45) is 5.73 Å². The van der Waals surface area contributed by atoms with Crippen molar-refractivity contribution >= 4 is 27.6 Å². The summed E-state index contributed by atoms with van der Waals surface area (Å²) in [7, 11) is 0. The zero-order valence-electron chi connectivity index (χ0n) is 14.3. The highest BCUT2D eigenvalue weighted by atomic mass is 15.1. The van der Waals surface area contributed by atoms with Crippen molar-refractivity contribution in [1.82, 2.24) is 15.2 Å². The van der Waals surface area contributed by atoms with Crippen molar-refractivity contribution in [2.75, 3.05) is 0 Å². The van der Waals surface area contributed by atoms with Crippen LogP contribution in [-0.2, 0) is 12.8 Å². The Morgan fingerprint density at radius 2 is 1.77 bits per heavy atom. The van der Waals surface area contributed by atoms with Gasteiger partial charge < -0.3 is 5.73 Å². The number of aromatic nitrogens is 3. The summed E-state index contributed by atoms with van der Waals surface area (Å²) < 4.78 is 0. The minimum absolute atomic E-state index is 0.0902. The Kier molecular flexibility index (Phi) is 3.28. The molecule has 2 aromatic carbocycles. The number of aryl methyl sites for hydroxylation is 1. The zero-order chi connectivity index (χ0) is 17.7. The molecule has 0 spiro atoms. The van der Waals surface area contributed by atoms with Gasteiger partial charge in [-0.25, -0.2) is 4.98 Å². The van der Waals surface area contributed by atoms with Gasteiger partial charge in [0.2, 0.25) is 0 Å². The molecule has 26 heavy (non-hydrogen) atoms. The zero-order valence-corrected chi connectivity index (χ0v) is 14.3. The number of rotatable bonds is 2. The summed E-state index contributed by atoms with van der Waals surface area (Å²) >= 11 is 0. The first-order chi connectivity index (χ1) is 12.7. The molecule has 0 fully saturated rings. The summed E-state index contributed by atoms with van der Waals surface area (Å²) in [4.78, 5) is 5.04. The Hall–Kier alpha value is -3.21. The van der Waals surface area contributed by atoms with E-state index in [-0.39, 0.29) is 5.84 Å². The average molecular weight is 341 g/mol. The average Bonchev–Trinajstić information content (AvgIpc) is 3.16. The molecule has 2 aromatic heterocycles. The molecule has 1 aliphatic carbocycles. The first-order valence-electron chi connectivity index (χ1n) is 8.95. The number of H-pyrrole nitrogens is 1. The first kappa shape index (κ1) is 15.1. The lowest BCUT2D eigenvalue weighted by Gasteiger charge is -2.22. The molecule has 0 saturated carbocycles. The van der Waals surface area contributed by atoms with Gasteiger partial charge >= 0.3 is 0 Å². The van der Waals surface area contributed by atoms with Crippen molar-refractivity contribution < 1.29 is 0 Å². The Balaban J connectivity index is 1.80. The third kappa shape index (κ3) is 2.20.